The van der Waals surface area contributed by atoms with Crippen LogP contribution in [0.5, 0.6) is 0 Å². The van der Waals surface area contributed by atoms with Crippen molar-refractivity contribution in [1.29, 1.82) is 0 Å². The number of aromatic nitrogens is 3. The molecule has 2 amide bonds. The Balaban J connectivity index is 1.60. The van der Waals surface area contributed by atoms with Crippen LogP contribution in [-0.4, -0.2) is 32.9 Å². The standard InChI is InChI=1S/C16H22N6O/c1-22-10-12(9-19-22)11-6-7-18-15(8-11)21-16(23)20-14-4-2-13(17)3-5-14/h6-10,13-14H,2-5,17H2,1H3,(H2,18,20,21,23). The highest BCUT2D eigenvalue weighted by atomic mass is 16.2. The minimum atomic E-state index is -0.221. The number of amides is 2. The van der Waals surface area contributed by atoms with Gasteiger partial charge >= 0.3 is 6.03 Å². The van der Waals surface area contributed by atoms with Crippen LogP contribution in [0, 0.1) is 0 Å². The molecule has 0 aliphatic heterocycles. The summed E-state index contributed by atoms with van der Waals surface area (Å²) in [7, 11) is 1.87. The summed E-state index contributed by atoms with van der Waals surface area (Å²) in [5.41, 5.74) is 7.83. The van der Waals surface area contributed by atoms with Crippen molar-refractivity contribution in [2.75, 3.05) is 5.32 Å². The molecule has 23 heavy (non-hydrogen) atoms. The second kappa shape index (κ2) is 6.78. The molecular formula is C16H22N6O. The number of urea groups is 1. The summed E-state index contributed by atoms with van der Waals surface area (Å²) in [6.45, 7) is 0. The van der Waals surface area contributed by atoms with Gasteiger partial charge in [-0.25, -0.2) is 9.78 Å². The second-order valence-corrected chi connectivity index (χ2v) is 6.04. The first-order valence-corrected chi connectivity index (χ1v) is 7.88. The van der Waals surface area contributed by atoms with Crippen molar-refractivity contribution in [3.63, 3.8) is 0 Å². The summed E-state index contributed by atoms with van der Waals surface area (Å²) in [6, 6.07) is 3.97. The van der Waals surface area contributed by atoms with Crippen molar-refractivity contribution < 1.29 is 4.79 Å². The lowest BCUT2D eigenvalue weighted by molar-refractivity contribution is 0.242. The van der Waals surface area contributed by atoms with E-state index >= 15 is 0 Å². The lowest BCUT2D eigenvalue weighted by atomic mass is 9.92. The SMILES string of the molecule is Cn1cc(-c2ccnc(NC(=O)NC3CCC(N)CC3)c2)cn1. The fraction of sp³-hybridized carbons (Fsp3) is 0.438. The Morgan fingerprint density at radius 1 is 1.30 bits per heavy atom. The van der Waals surface area contributed by atoms with Gasteiger partial charge in [0.25, 0.3) is 0 Å². The van der Waals surface area contributed by atoms with Gasteiger partial charge in [0.05, 0.1) is 6.20 Å². The van der Waals surface area contributed by atoms with Crippen molar-refractivity contribution in [2.24, 2.45) is 12.8 Å². The predicted molar refractivity (Wildman–Crippen MR) is 88.8 cm³/mol. The topological polar surface area (TPSA) is 97.9 Å². The molecule has 1 saturated carbocycles. The Morgan fingerprint density at radius 3 is 2.78 bits per heavy atom. The zero-order valence-corrected chi connectivity index (χ0v) is 13.2. The molecule has 1 fully saturated rings. The highest BCUT2D eigenvalue weighted by molar-refractivity contribution is 5.89. The van der Waals surface area contributed by atoms with Crippen LogP contribution < -0.4 is 16.4 Å². The first-order chi connectivity index (χ1) is 11.1. The zero-order chi connectivity index (χ0) is 16.2. The summed E-state index contributed by atoms with van der Waals surface area (Å²) in [6.07, 6.45) is 9.15. The maximum Gasteiger partial charge on any atom is 0.320 e. The van der Waals surface area contributed by atoms with Gasteiger partial charge < -0.3 is 11.1 Å². The molecule has 3 rings (SSSR count). The number of hydrogen-bond acceptors (Lipinski definition) is 4. The largest absolute Gasteiger partial charge is 0.335 e. The monoisotopic (exact) mass is 314 g/mol. The molecule has 0 saturated heterocycles. The smallest absolute Gasteiger partial charge is 0.320 e. The Hall–Kier alpha value is -2.41. The maximum atomic E-state index is 12.1. The van der Waals surface area contributed by atoms with E-state index in [9.17, 15) is 4.79 Å². The molecule has 1 aliphatic carbocycles. The Kier molecular flexibility index (Phi) is 4.57. The van der Waals surface area contributed by atoms with Crippen LogP contribution in [0.25, 0.3) is 11.1 Å². The third-order valence-corrected chi connectivity index (χ3v) is 4.15. The van der Waals surface area contributed by atoms with Crippen LogP contribution >= 0.6 is 0 Å². The van der Waals surface area contributed by atoms with E-state index in [4.69, 9.17) is 5.73 Å². The summed E-state index contributed by atoms with van der Waals surface area (Å²) in [4.78, 5) is 16.3. The molecule has 0 aromatic carbocycles. The Morgan fingerprint density at radius 2 is 2.09 bits per heavy atom. The van der Waals surface area contributed by atoms with Crippen LogP contribution in [0.3, 0.4) is 0 Å². The van der Waals surface area contributed by atoms with E-state index in [1.54, 1.807) is 17.1 Å². The minimum absolute atomic E-state index is 0.191. The molecular weight excluding hydrogens is 292 g/mol. The highest BCUT2D eigenvalue weighted by Crippen LogP contribution is 2.20. The van der Waals surface area contributed by atoms with Gasteiger partial charge in [-0.05, 0) is 43.4 Å². The van der Waals surface area contributed by atoms with Crippen molar-refractivity contribution in [2.45, 2.75) is 37.8 Å². The van der Waals surface area contributed by atoms with E-state index in [2.05, 4.69) is 20.7 Å². The molecule has 0 spiro atoms. The fourth-order valence-corrected chi connectivity index (χ4v) is 2.85. The van der Waals surface area contributed by atoms with Gasteiger partial charge in [-0.15, -0.1) is 0 Å². The number of anilines is 1. The van der Waals surface area contributed by atoms with Gasteiger partial charge in [-0.3, -0.25) is 10.00 Å². The minimum Gasteiger partial charge on any atom is -0.335 e. The van der Waals surface area contributed by atoms with E-state index in [1.807, 2.05) is 25.4 Å². The molecule has 122 valence electrons. The van der Waals surface area contributed by atoms with Gasteiger partial charge in [0.15, 0.2) is 0 Å². The van der Waals surface area contributed by atoms with E-state index < -0.39 is 0 Å². The first-order valence-electron chi connectivity index (χ1n) is 7.88. The van der Waals surface area contributed by atoms with Crippen molar-refractivity contribution in [1.82, 2.24) is 20.1 Å². The molecule has 7 nitrogen and oxygen atoms in total. The lowest BCUT2D eigenvalue weighted by Crippen LogP contribution is -2.42. The van der Waals surface area contributed by atoms with Crippen LogP contribution in [0.1, 0.15) is 25.7 Å². The van der Waals surface area contributed by atoms with E-state index in [0.717, 1.165) is 36.8 Å². The molecule has 0 unspecified atom stereocenters. The van der Waals surface area contributed by atoms with Crippen molar-refractivity contribution in [3.8, 4) is 11.1 Å². The number of pyridine rings is 1. The molecule has 4 N–H and O–H groups in total. The summed E-state index contributed by atoms with van der Waals surface area (Å²) >= 11 is 0. The van der Waals surface area contributed by atoms with Crippen LogP contribution in [0.2, 0.25) is 0 Å². The summed E-state index contributed by atoms with van der Waals surface area (Å²) in [5.74, 6) is 0.524. The third-order valence-electron chi connectivity index (χ3n) is 4.15. The highest BCUT2D eigenvalue weighted by Gasteiger charge is 2.20. The normalized spacial score (nSPS) is 21.0. The van der Waals surface area contributed by atoms with Crippen LogP contribution in [0.15, 0.2) is 30.7 Å². The molecule has 2 aromatic heterocycles. The van der Waals surface area contributed by atoms with Gasteiger partial charge in [0.2, 0.25) is 0 Å². The molecule has 7 heteroatoms. The summed E-state index contributed by atoms with van der Waals surface area (Å²) < 4.78 is 1.74. The van der Waals surface area contributed by atoms with Crippen LogP contribution in [0.4, 0.5) is 10.6 Å². The van der Waals surface area contributed by atoms with E-state index in [-0.39, 0.29) is 18.1 Å². The second-order valence-electron chi connectivity index (χ2n) is 6.04. The van der Waals surface area contributed by atoms with Crippen molar-refractivity contribution >= 4 is 11.8 Å². The van der Waals surface area contributed by atoms with Gasteiger partial charge in [0, 0.05) is 37.1 Å². The van der Waals surface area contributed by atoms with Crippen LogP contribution in [-0.2, 0) is 7.05 Å². The van der Waals surface area contributed by atoms with E-state index in [1.165, 1.54) is 0 Å². The number of carbonyl (C=O) groups excluding carboxylic acids is 1. The van der Waals surface area contributed by atoms with Gasteiger partial charge in [0.1, 0.15) is 5.82 Å². The fourth-order valence-electron chi connectivity index (χ4n) is 2.85. The number of aryl methyl sites for hydroxylation is 1. The molecule has 0 radical (unpaired) electrons. The average Bonchev–Trinajstić information content (AvgIpc) is 2.96. The van der Waals surface area contributed by atoms with Gasteiger partial charge in [-0.2, -0.15) is 5.10 Å². The van der Waals surface area contributed by atoms with E-state index in [0.29, 0.717) is 5.82 Å². The molecule has 0 atom stereocenters. The number of carbonyl (C=O) groups is 1. The lowest BCUT2D eigenvalue weighted by Gasteiger charge is -2.26. The first kappa shape index (κ1) is 15.5. The molecule has 1 aliphatic rings. The molecule has 2 aromatic rings. The van der Waals surface area contributed by atoms with Crippen molar-refractivity contribution in [3.05, 3.63) is 30.7 Å². The quantitative estimate of drug-likeness (QED) is 0.805. The predicted octanol–water partition coefficient (Wildman–Crippen LogP) is 1.87. The van der Waals surface area contributed by atoms with Gasteiger partial charge in [-0.1, -0.05) is 0 Å². The third kappa shape index (κ3) is 4.07. The molecule has 2 heterocycles. The number of nitrogens with two attached hydrogens (primary N) is 1. The Bertz CT molecular complexity index is 675. The Labute approximate surface area is 135 Å². The number of rotatable bonds is 3. The number of nitrogens with zero attached hydrogens (tertiary/aromatic N) is 3. The maximum absolute atomic E-state index is 12.1. The number of hydrogen-bond donors (Lipinski definition) is 3. The average molecular weight is 314 g/mol. The summed E-state index contributed by atoms with van der Waals surface area (Å²) in [5, 5.41) is 9.94. The number of nitrogens with one attached hydrogen (secondary N) is 2. The zero-order valence-electron chi connectivity index (χ0n) is 13.2. The molecule has 0 bridgehead atoms.